The van der Waals surface area contributed by atoms with Crippen molar-refractivity contribution < 1.29 is 9.18 Å². The number of rotatable bonds is 4. The number of hydrogen-bond donors (Lipinski definition) is 0. The van der Waals surface area contributed by atoms with Crippen LogP contribution in [0.25, 0.3) is 23.0 Å². The molecule has 168 valence electrons. The van der Waals surface area contributed by atoms with E-state index in [0.717, 1.165) is 36.9 Å². The molecule has 1 aliphatic heterocycles. The Morgan fingerprint density at radius 2 is 1.88 bits per heavy atom. The maximum absolute atomic E-state index is 14.4. The van der Waals surface area contributed by atoms with Crippen molar-refractivity contribution in [3.8, 4) is 16.9 Å². The molecule has 5 rings (SSSR count). The van der Waals surface area contributed by atoms with Gasteiger partial charge >= 0.3 is 0 Å². The first kappa shape index (κ1) is 22.0. The Balaban J connectivity index is 1.56. The number of carbonyl (C=O) groups excluding carboxylic acids is 1. The number of para-hydroxylation sites is 1. The van der Waals surface area contributed by atoms with Crippen LogP contribution >= 0.6 is 24.0 Å². The summed E-state index contributed by atoms with van der Waals surface area (Å²) in [5.74, 6) is -0.318. The van der Waals surface area contributed by atoms with E-state index in [1.807, 2.05) is 48.7 Å². The van der Waals surface area contributed by atoms with Gasteiger partial charge in [-0.2, -0.15) is 5.10 Å². The lowest BCUT2D eigenvalue weighted by molar-refractivity contribution is -0.124. The molecule has 3 aromatic rings. The van der Waals surface area contributed by atoms with Gasteiger partial charge in [-0.15, -0.1) is 0 Å². The van der Waals surface area contributed by atoms with Crippen LogP contribution in [0.3, 0.4) is 0 Å². The zero-order valence-corrected chi connectivity index (χ0v) is 20.0. The molecule has 0 unspecified atom stereocenters. The number of hydrogen-bond acceptors (Lipinski definition) is 4. The predicted octanol–water partition coefficient (Wildman–Crippen LogP) is 6.52. The zero-order chi connectivity index (χ0) is 22.9. The number of carbonyl (C=O) groups is 1. The molecule has 2 aromatic carbocycles. The van der Waals surface area contributed by atoms with Crippen LogP contribution in [0.2, 0.25) is 0 Å². The highest BCUT2D eigenvalue weighted by atomic mass is 32.2. The predicted molar refractivity (Wildman–Crippen MR) is 136 cm³/mol. The average Bonchev–Trinajstić information content (AvgIpc) is 3.37. The first-order valence-electron chi connectivity index (χ1n) is 11.2. The Morgan fingerprint density at radius 3 is 2.61 bits per heavy atom. The van der Waals surface area contributed by atoms with Crippen molar-refractivity contribution in [1.29, 1.82) is 0 Å². The highest BCUT2D eigenvalue weighted by Gasteiger charge is 2.37. The van der Waals surface area contributed by atoms with Crippen molar-refractivity contribution in [1.82, 2.24) is 14.7 Å². The summed E-state index contributed by atoms with van der Waals surface area (Å²) in [6.07, 6.45) is 9.22. The van der Waals surface area contributed by atoms with Gasteiger partial charge in [-0.3, -0.25) is 9.69 Å². The van der Waals surface area contributed by atoms with E-state index >= 15 is 0 Å². The second-order valence-electron chi connectivity index (χ2n) is 8.52. The van der Waals surface area contributed by atoms with Crippen LogP contribution in [0.4, 0.5) is 4.39 Å². The zero-order valence-electron chi connectivity index (χ0n) is 18.3. The second kappa shape index (κ2) is 9.23. The molecule has 2 aliphatic rings. The van der Waals surface area contributed by atoms with E-state index in [1.165, 1.54) is 24.2 Å². The molecule has 2 heterocycles. The summed E-state index contributed by atoms with van der Waals surface area (Å²) in [5.41, 5.74) is 3.52. The molecule has 7 heteroatoms. The fourth-order valence-electron chi connectivity index (χ4n) is 4.45. The molecule has 0 spiro atoms. The van der Waals surface area contributed by atoms with E-state index in [4.69, 9.17) is 17.3 Å². The number of amides is 1. The molecule has 1 saturated carbocycles. The summed E-state index contributed by atoms with van der Waals surface area (Å²) in [4.78, 5) is 15.7. The number of aryl methyl sites for hydroxylation is 1. The maximum Gasteiger partial charge on any atom is 0.266 e. The van der Waals surface area contributed by atoms with Gasteiger partial charge in [0.2, 0.25) is 0 Å². The topological polar surface area (TPSA) is 38.1 Å². The molecule has 1 saturated heterocycles. The number of aromatic nitrogens is 2. The van der Waals surface area contributed by atoms with Crippen molar-refractivity contribution >= 4 is 40.3 Å². The van der Waals surface area contributed by atoms with E-state index in [1.54, 1.807) is 22.6 Å². The summed E-state index contributed by atoms with van der Waals surface area (Å²) in [6.45, 7) is 1.74. The van der Waals surface area contributed by atoms with Crippen molar-refractivity contribution in [2.75, 3.05) is 0 Å². The summed E-state index contributed by atoms with van der Waals surface area (Å²) in [6, 6.07) is 15.0. The standard InChI is InChI=1S/C26H24FN3OS2/c1-17-12-13-18(14-22(17)27)24-19(16-29(28-24)20-8-4-2-5-9-20)15-23-25(31)30(26(32)33-23)21-10-6-3-7-11-21/h2,4-5,8-9,12-16,21H,3,6-7,10-11H2,1H3. The molecular formula is C26H24FN3OS2. The van der Waals surface area contributed by atoms with Crippen molar-refractivity contribution in [2.24, 2.45) is 0 Å². The van der Waals surface area contributed by atoms with Gasteiger partial charge in [0, 0.05) is 23.4 Å². The number of thiocarbonyl (C=S) groups is 1. The van der Waals surface area contributed by atoms with E-state index in [2.05, 4.69) is 0 Å². The van der Waals surface area contributed by atoms with Crippen LogP contribution in [0.15, 0.2) is 59.6 Å². The van der Waals surface area contributed by atoms with Crippen molar-refractivity contribution in [2.45, 2.75) is 45.1 Å². The molecular weight excluding hydrogens is 453 g/mol. The minimum atomic E-state index is -0.281. The lowest BCUT2D eigenvalue weighted by atomic mass is 9.94. The molecule has 0 atom stereocenters. The third-order valence-electron chi connectivity index (χ3n) is 6.26. The first-order chi connectivity index (χ1) is 16.0. The second-order valence-corrected chi connectivity index (χ2v) is 10.2. The Bertz CT molecular complexity index is 1250. The minimum Gasteiger partial charge on any atom is -0.290 e. The molecule has 1 amide bonds. The van der Waals surface area contributed by atoms with Crippen LogP contribution in [-0.4, -0.2) is 30.9 Å². The van der Waals surface area contributed by atoms with Gasteiger partial charge in [-0.1, -0.05) is 73.6 Å². The summed E-state index contributed by atoms with van der Waals surface area (Å²) >= 11 is 6.93. The van der Waals surface area contributed by atoms with E-state index in [-0.39, 0.29) is 17.8 Å². The third kappa shape index (κ3) is 4.39. The summed E-state index contributed by atoms with van der Waals surface area (Å²) in [5, 5.41) is 4.75. The van der Waals surface area contributed by atoms with Crippen LogP contribution in [0, 0.1) is 12.7 Å². The van der Waals surface area contributed by atoms with Crippen LogP contribution in [0.5, 0.6) is 0 Å². The third-order valence-corrected chi connectivity index (χ3v) is 7.59. The van der Waals surface area contributed by atoms with Gasteiger partial charge in [-0.25, -0.2) is 9.07 Å². The fraction of sp³-hybridized carbons (Fsp3) is 0.269. The highest BCUT2D eigenvalue weighted by Crippen LogP contribution is 2.38. The smallest absolute Gasteiger partial charge is 0.266 e. The van der Waals surface area contributed by atoms with E-state index < -0.39 is 0 Å². The maximum atomic E-state index is 14.4. The molecule has 1 aliphatic carbocycles. The van der Waals surface area contributed by atoms with Crippen LogP contribution < -0.4 is 0 Å². The molecule has 2 fully saturated rings. The fourth-order valence-corrected chi connectivity index (χ4v) is 5.84. The number of nitrogens with zero attached hydrogens (tertiary/aromatic N) is 3. The Labute approximate surface area is 202 Å². The molecule has 1 aromatic heterocycles. The van der Waals surface area contributed by atoms with Gasteiger partial charge < -0.3 is 0 Å². The lowest BCUT2D eigenvalue weighted by Gasteiger charge is -2.29. The molecule has 0 N–H and O–H groups in total. The van der Waals surface area contributed by atoms with E-state index in [0.29, 0.717) is 26.0 Å². The number of halogens is 1. The normalized spacial score (nSPS) is 18.5. The van der Waals surface area contributed by atoms with Gasteiger partial charge in [-0.05, 0) is 49.6 Å². The van der Waals surface area contributed by atoms with Crippen LogP contribution in [0.1, 0.15) is 43.2 Å². The Hall–Kier alpha value is -2.77. The van der Waals surface area contributed by atoms with Gasteiger partial charge in [0.05, 0.1) is 10.6 Å². The number of thioether (sulfide) groups is 1. The number of benzene rings is 2. The molecule has 33 heavy (non-hydrogen) atoms. The molecule has 4 nitrogen and oxygen atoms in total. The van der Waals surface area contributed by atoms with Gasteiger partial charge in [0.25, 0.3) is 5.91 Å². The van der Waals surface area contributed by atoms with Crippen LogP contribution in [-0.2, 0) is 4.79 Å². The first-order valence-corrected chi connectivity index (χ1v) is 12.4. The van der Waals surface area contributed by atoms with Gasteiger partial charge in [0.15, 0.2) is 0 Å². The molecule has 0 bridgehead atoms. The summed E-state index contributed by atoms with van der Waals surface area (Å²) in [7, 11) is 0. The monoisotopic (exact) mass is 477 g/mol. The Kier molecular flexibility index (Phi) is 6.17. The summed E-state index contributed by atoms with van der Waals surface area (Å²) < 4.78 is 16.8. The largest absolute Gasteiger partial charge is 0.290 e. The van der Waals surface area contributed by atoms with Gasteiger partial charge in [0.1, 0.15) is 15.8 Å². The SMILES string of the molecule is Cc1ccc(-c2nn(-c3ccccc3)cc2C=C2SC(=S)N(C3CCCCC3)C2=O)cc1F. The highest BCUT2D eigenvalue weighted by molar-refractivity contribution is 8.26. The quantitative estimate of drug-likeness (QED) is 0.317. The average molecular weight is 478 g/mol. The van der Waals surface area contributed by atoms with E-state index in [9.17, 15) is 9.18 Å². The molecule has 0 radical (unpaired) electrons. The Morgan fingerprint density at radius 1 is 1.12 bits per heavy atom. The minimum absolute atomic E-state index is 0.0367. The van der Waals surface area contributed by atoms with Crippen molar-refractivity contribution in [3.63, 3.8) is 0 Å². The lowest BCUT2D eigenvalue weighted by Crippen LogP contribution is -2.39. The van der Waals surface area contributed by atoms with Crippen molar-refractivity contribution in [3.05, 3.63) is 76.6 Å².